The number of nitrogens with one attached hydrogen (secondary N) is 2. The Morgan fingerprint density at radius 2 is 1.76 bits per heavy atom. The summed E-state index contributed by atoms with van der Waals surface area (Å²) >= 11 is 0. The zero-order chi connectivity index (χ0) is 17.8. The van der Waals surface area contributed by atoms with Gasteiger partial charge < -0.3 is 10.6 Å². The predicted molar refractivity (Wildman–Crippen MR) is 91.0 cm³/mol. The molecule has 1 saturated carbocycles. The lowest BCUT2D eigenvalue weighted by atomic mass is 10.1. The van der Waals surface area contributed by atoms with Crippen molar-refractivity contribution in [1.82, 2.24) is 5.32 Å². The molecule has 1 aliphatic rings. The average Bonchev–Trinajstić information content (AvgIpc) is 3.40. The van der Waals surface area contributed by atoms with Crippen molar-refractivity contribution >= 4 is 23.6 Å². The summed E-state index contributed by atoms with van der Waals surface area (Å²) in [6.07, 6.45) is 4.83. The van der Waals surface area contributed by atoms with E-state index in [1.807, 2.05) is 0 Å². The highest BCUT2D eigenvalue weighted by atomic mass is 19.1. The van der Waals surface area contributed by atoms with E-state index in [-0.39, 0.29) is 11.6 Å². The molecule has 0 bridgehead atoms. The minimum absolute atomic E-state index is 0.0943. The summed E-state index contributed by atoms with van der Waals surface area (Å²) in [5.74, 6) is -2.20. The number of hydrogen-bond donors (Lipinski definition) is 2. The number of carbonyl (C=O) groups is 2. The molecule has 0 atom stereocenters. The molecule has 0 unspecified atom stereocenters. The molecule has 4 nitrogen and oxygen atoms in total. The van der Waals surface area contributed by atoms with Crippen LogP contribution in [0.15, 0.2) is 48.5 Å². The number of hydrogen-bond acceptors (Lipinski definition) is 2. The number of benzene rings is 2. The molecule has 128 valence electrons. The Morgan fingerprint density at radius 1 is 1.04 bits per heavy atom. The zero-order valence-corrected chi connectivity index (χ0v) is 13.3. The molecule has 0 spiro atoms. The van der Waals surface area contributed by atoms with Gasteiger partial charge in [-0.05, 0) is 48.7 Å². The quantitative estimate of drug-likeness (QED) is 0.817. The van der Waals surface area contributed by atoms with Crippen LogP contribution in [0.2, 0.25) is 0 Å². The van der Waals surface area contributed by atoms with Crippen LogP contribution in [-0.4, -0.2) is 17.9 Å². The van der Waals surface area contributed by atoms with Gasteiger partial charge in [-0.15, -0.1) is 0 Å². The summed E-state index contributed by atoms with van der Waals surface area (Å²) in [4.78, 5) is 23.7. The Bertz CT molecular complexity index is 828. The van der Waals surface area contributed by atoms with E-state index in [1.54, 1.807) is 30.3 Å². The fourth-order valence-corrected chi connectivity index (χ4v) is 2.18. The van der Waals surface area contributed by atoms with Crippen LogP contribution in [0, 0.1) is 11.6 Å². The molecular weight excluding hydrogens is 326 g/mol. The molecule has 2 aromatic rings. The standard InChI is InChI=1S/C19H16F2N2O2/c20-14-6-9-17(16(21)11-14)23-18(24)10-3-12-1-4-13(5-2-12)19(25)22-15-7-8-15/h1-6,9-11,15H,7-8H2,(H,22,25)(H,23,24)/b10-3+. The molecule has 0 aromatic heterocycles. The van der Waals surface area contributed by atoms with Crippen molar-refractivity contribution < 1.29 is 18.4 Å². The van der Waals surface area contributed by atoms with E-state index in [2.05, 4.69) is 10.6 Å². The fourth-order valence-electron chi connectivity index (χ4n) is 2.18. The molecule has 1 aliphatic carbocycles. The predicted octanol–water partition coefficient (Wildman–Crippen LogP) is 3.51. The molecule has 2 amide bonds. The molecule has 0 heterocycles. The summed E-state index contributed by atoms with van der Waals surface area (Å²) in [7, 11) is 0. The van der Waals surface area contributed by atoms with Gasteiger partial charge in [0.05, 0.1) is 5.69 Å². The third-order valence-electron chi connectivity index (χ3n) is 3.70. The maximum absolute atomic E-state index is 13.5. The van der Waals surface area contributed by atoms with Crippen LogP contribution in [0.1, 0.15) is 28.8 Å². The van der Waals surface area contributed by atoms with Gasteiger partial charge in [-0.3, -0.25) is 9.59 Å². The summed E-state index contributed by atoms with van der Waals surface area (Å²) in [5.41, 5.74) is 1.18. The lowest BCUT2D eigenvalue weighted by Gasteiger charge is -2.04. The SMILES string of the molecule is O=C(/C=C/c1ccc(C(=O)NC2CC2)cc1)Nc1ccc(F)cc1F. The van der Waals surface area contributed by atoms with E-state index >= 15 is 0 Å². The van der Waals surface area contributed by atoms with Crippen molar-refractivity contribution in [3.8, 4) is 0 Å². The first-order chi connectivity index (χ1) is 12.0. The highest BCUT2D eigenvalue weighted by molar-refractivity contribution is 6.02. The Kier molecular flexibility index (Phi) is 4.88. The first kappa shape index (κ1) is 16.8. The van der Waals surface area contributed by atoms with Crippen LogP contribution in [0.25, 0.3) is 6.08 Å². The van der Waals surface area contributed by atoms with Gasteiger partial charge in [-0.2, -0.15) is 0 Å². The molecular formula is C19H16F2N2O2. The van der Waals surface area contributed by atoms with Crippen molar-refractivity contribution in [3.05, 3.63) is 71.3 Å². The van der Waals surface area contributed by atoms with Crippen molar-refractivity contribution in [2.45, 2.75) is 18.9 Å². The van der Waals surface area contributed by atoms with E-state index < -0.39 is 17.5 Å². The monoisotopic (exact) mass is 342 g/mol. The lowest BCUT2D eigenvalue weighted by Crippen LogP contribution is -2.25. The number of anilines is 1. The topological polar surface area (TPSA) is 58.2 Å². The Morgan fingerprint density at radius 3 is 2.40 bits per heavy atom. The molecule has 6 heteroatoms. The molecule has 0 radical (unpaired) electrons. The van der Waals surface area contributed by atoms with E-state index in [4.69, 9.17) is 0 Å². The lowest BCUT2D eigenvalue weighted by molar-refractivity contribution is -0.111. The largest absolute Gasteiger partial charge is 0.349 e. The second kappa shape index (κ2) is 7.25. The highest BCUT2D eigenvalue weighted by Gasteiger charge is 2.23. The van der Waals surface area contributed by atoms with Crippen molar-refractivity contribution in [3.63, 3.8) is 0 Å². The minimum atomic E-state index is -0.840. The number of amides is 2. The van der Waals surface area contributed by atoms with Crippen LogP contribution >= 0.6 is 0 Å². The number of rotatable bonds is 5. The van der Waals surface area contributed by atoms with Gasteiger partial charge in [0, 0.05) is 23.7 Å². The van der Waals surface area contributed by atoms with Crippen molar-refractivity contribution in [2.75, 3.05) is 5.32 Å². The molecule has 2 N–H and O–H groups in total. The van der Waals surface area contributed by atoms with Gasteiger partial charge in [0.15, 0.2) is 0 Å². The highest BCUT2D eigenvalue weighted by Crippen LogP contribution is 2.19. The molecule has 0 aliphatic heterocycles. The van der Waals surface area contributed by atoms with E-state index in [0.717, 1.165) is 30.5 Å². The normalized spacial score (nSPS) is 13.7. The first-order valence-corrected chi connectivity index (χ1v) is 7.86. The molecule has 1 fully saturated rings. The summed E-state index contributed by atoms with van der Waals surface area (Å²) in [5, 5.41) is 5.23. The molecule has 2 aromatic carbocycles. The van der Waals surface area contributed by atoms with Gasteiger partial charge in [0.25, 0.3) is 5.91 Å². The van der Waals surface area contributed by atoms with Crippen LogP contribution in [0.5, 0.6) is 0 Å². The Hall–Kier alpha value is -3.02. The molecule has 0 saturated heterocycles. The maximum atomic E-state index is 13.5. The smallest absolute Gasteiger partial charge is 0.251 e. The fraction of sp³-hybridized carbons (Fsp3) is 0.158. The summed E-state index contributed by atoms with van der Waals surface area (Å²) < 4.78 is 26.3. The van der Waals surface area contributed by atoms with E-state index in [0.29, 0.717) is 17.7 Å². The third-order valence-corrected chi connectivity index (χ3v) is 3.70. The summed E-state index contributed by atoms with van der Waals surface area (Å²) in [6, 6.07) is 9.99. The van der Waals surface area contributed by atoms with E-state index in [1.165, 1.54) is 6.08 Å². The van der Waals surface area contributed by atoms with E-state index in [9.17, 15) is 18.4 Å². The minimum Gasteiger partial charge on any atom is -0.349 e. The summed E-state index contributed by atoms with van der Waals surface area (Å²) in [6.45, 7) is 0. The van der Waals surface area contributed by atoms with Crippen molar-refractivity contribution in [1.29, 1.82) is 0 Å². The second-order valence-electron chi connectivity index (χ2n) is 5.82. The zero-order valence-electron chi connectivity index (χ0n) is 13.3. The van der Waals surface area contributed by atoms with Gasteiger partial charge in [-0.25, -0.2) is 8.78 Å². The second-order valence-corrected chi connectivity index (χ2v) is 5.82. The number of carbonyl (C=O) groups excluding carboxylic acids is 2. The van der Waals surface area contributed by atoms with Gasteiger partial charge in [0.1, 0.15) is 11.6 Å². The van der Waals surface area contributed by atoms with Gasteiger partial charge >= 0.3 is 0 Å². The van der Waals surface area contributed by atoms with Gasteiger partial charge in [0.2, 0.25) is 5.91 Å². The van der Waals surface area contributed by atoms with Gasteiger partial charge in [-0.1, -0.05) is 12.1 Å². The molecule has 3 rings (SSSR count). The number of halogens is 2. The van der Waals surface area contributed by atoms with Crippen LogP contribution in [0.3, 0.4) is 0 Å². The molecule has 25 heavy (non-hydrogen) atoms. The Balaban J connectivity index is 1.58. The van der Waals surface area contributed by atoms with Crippen LogP contribution < -0.4 is 10.6 Å². The third kappa shape index (κ3) is 4.73. The van der Waals surface area contributed by atoms with Crippen molar-refractivity contribution in [2.24, 2.45) is 0 Å². The van der Waals surface area contributed by atoms with Crippen LogP contribution in [-0.2, 0) is 4.79 Å². The average molecular weight is 342 g/mol. The Labute approximate surface area is 143 Å². The first-order valence-electron chi connectivity index (χ1n) is 7.86. The van der Waals surface area contributed by atoms with Crippen LogP contribution in [0.4, 0.5) is 14.5 Å². The maximum Gasteiger partial charge on any atom is 0.251 e.